The van der Waals surface area contributed by atoms with Gasteiger partial charge in [-0.3, -0.25) is 0 Å². The van der Waals surface area contributed by atoms with Gasteiger partial charge in [-0.15, -0.1) is 0 Å². The monoisotopic (exact) mass is 277 g/mol. The quantitative estimate of drug-likeness (QED) is 0.851. The van der Waals surface area contributed by atoms with Gasteiger partial charge < -0.3 is 10.1 Å². The second kappa shape index (κ2) is 4.55. The van der Waals surface area contributed by atoms with Gasteiger partial charge in [0.15, 0.2) is 0 Å². The number of hydrogen-bond donors (Lipinski definition) is 1. The van der Waals surface area contributed by atoms with E-state index in [1.54, 1.807) is 0 Å². The van der Waals surface area contributed by atoms with Crippen molar-refractivity contribution in [1.29, 1.82) is 0 Å². The topological polar surface area (TPSA) is 21.3 Å². The van der Waals surface area contributed by atoms with Crippen molar-refractivity contribution >= 4 is 15.9 Å². The highest BCUT2D eigenvalue weighted by Gasteiger charge is 2.22. The molecule has 1 aliphatic heterocycles. The molecule has 0 aliphatic carbocycles. The van der Waals surface area contributed by atoms with Crippen LogP contribution in [0.5, 0.6) is 0 Å². The molecule has 1 atom stereocenters. The summed E-state index contributed by atoms with van der Waals surface area (Å²) in [4.78, 5) is 0. The highest BCUT2D eigenvalue weighted by molar-refractivity contribution is 9.10. The van der Waals surface area contributed by atoms with Crippen LogP contribution in [-0.4, -0.2) is 19.8 Å². The highest BCUT2D eigenvalue weighted by atomic mass is 79.9. The Kier molecular flexibility index (Phi) is 3.33. The van der Waals surface area contributed by atoms with Crippen LogP contribution in [-0.2, 0) is 4.74 Å². The largest absolute Gasteiger partial charge is 0.378 e. The Hall–Kier alpha value is -0.520. The van der Waals surface area contributed by atoms with Crippen molar-refractivity contribution in [3.8, 4) is 0 Å². The third kappa shape index (κ3) is 2.35. The molecule has 0 saturated carbocycles. The Bertz CT molecular complexity index is 343. The van der Waals surface area contributed by atoms with Gasteiger partial charge in [0.1, 0.15) is 11.6 Å². The minimum Gasteiger partial charge on any atom is -0.378 e. The van der Waals surface area contributed by atoms with Gasteiger partial charge in [0.2, 0.25) is 0 Å². The molecule has 1 fully saturated rings. The Morgan fingerprint density at radius 2 is 2.00 bits per heavy atom. The molecule has 0 bridgehead atoms. The van der Waals surface area contributed by atoms with E-state index in [9.17, 15) is 8.78 Å². The number of nitrogens with one attached hydrogen (secondary N) is 1. The van der Waals surface area contributed by atoms with Crippen molar-refractivity contribution in [3.63, 3.8) is 0 Å². The van der Waals surface area contributed by atoms with Crippen molar-refractivity contribution in [2.75, 3.05) is 19.8 Å². The normalized spacial score (nSPS) is 21.7. The van der Waals surface area contributed by atoms with Gasteiger partial charge in [-0.1, -0.05) is 15.9 Å². The van der Waals surface area contributed by atoms with Crippen LogP contribution in [0.1, 0.15) is 11.6 Å². The number of halogens is 3. The lowest BCUT2D eigenvalue weighted by Crippen LogP contribution is -2.35. The molecule has 1 aromatic carbocycles. The average molecular weight is 278 g/mol. The molecular formula is C10H10BrF2NO. The molecule has 0 amide bonds. The van der Waals surface area contributed by atoms with E-state index >= 15 is 0 Å². The Morgan fingerprint density at radius 3 is 2.53 bits per heavy atom. The first-order valence-electron chi connectivity index (χ1n) is 4.64. The summed E-state index contributed by atoms with van der Waals surface area (Å²) in [5, 5.41) is 3.02. The minimum absolute atomic E-state index is 0.0536. The zero-order valence-corrected chi connectivity index (χ0v) is 9.48. The fraction of sp³-hybridized carbons (Fsp3) is 0.400. The van der Waals surface area contributed by atoms with E-state index in [1.165, 1.54) is 12.1 Å². The molecule has 15 heavy (non-hydrogen) atoms. The number of benzene rings is 1. The molecule has 2 nitrogen and oxygen atoms in total. The molecule has 0 aromatic heterocycles. The molecular weight excluding hydrogens is 268 g/mol. The van der Waals surface area contributed by atoms with Gasteiger partial charge in [-0.05, 0) is 12.1 Å². The molecule has 0 spiro atoms. The van der Waals surface area contributed by atoms with Gasteiger partial charge in [0.05, 0.1) is 19.3 Å². The Balaban J connectivity index is 2.33. The Morgan fingerprint density at radius 1 is 1.33 bits per heavy atom. The summed E-state index contributed by atoms with van der Waals surface area (Å²) in [5.41, 5.74) is 0.0536. The summed E-state index contributed by atoms with van der Waals surface area (Å²) in [6.07, 6.45) is 0. The van der Waals surface area contributed by atoms with Crippen LogP contribution in [0.15, 0.2) is 16.6 Å². The molecule has 1 heterocycles. The summed E-state index contributed by atoms with van der Waals surface area (Å²) < 4.78 is 32.6. The minimum atomic E-state index is -0.551. The number of hydrogen-bond acceptors (Lipinski definition) is 2. The smallest absolute Gasteiger partial charge is 0.132 e. The van der Waals surface area contributed by atoms with Crippen molar-refractivity contribution in [3.05, 3.63) is 33.8 Å². The van der Waals surface area contributed by atoms with Gasteiger partial charge >= 0.3 is 0 Å². The summed E-state index contributed by atoms with van der Waals surface area (Å²) in [6.45, 7) is 1.49. The zero-order chi connectivity index (χ0) is 10.8. The molecule has 1 saturated heterocycles. The summed E-state index contributed by atoms with van der Waals surface area (Å²) in [5.74, 6) is -1.10. The van der Waals surface area contributed by atoms with Crippen LogP contribution in [0.25, 0.3) is 0 Å². The lowest BCUT2D eigenvalue weighted by Gasteiger charge is -2.24. The van der Waals surface area contributed by atoms with Gasteiger partial charge in [-0.2, -0.15) is 0 Å². The highest BCUT2D eigenvalue weighted by Crippen LogP contribution is 2.25. The van der Waals surface area contributed by atoms with E-state index in [0.717, 1.165) is 0 Å². The van der Waals surface area contributed by atoms with E-state index in [-0.39, 0.29) is 5.56 Å². The first kappa shape index (κ1) is 11.0. The summed E-state index contributed by atoms with van der Waals surface area (Å²) in [6, 6.07) is 2.12. The molecule has 82 valence electrons. The summed E-state index contributed by atoms with van der Waals surface area (Å²) >= 11 is 3.04. The van der Waals surface area contributed by atoms with Gasteiger partial charge in [0, 0.05) is 16.6 Å². The average Bonchev–Trinajstić information content (AvgIpc) is 2.17. The van der Waals surface area contributed by atoms with Crippen LogP contribution in [0.4, 0.5) is 8.78 Å². The van der Waals surface area contributed by atoms with Crippen molar-refractivity contribution in [2.45, 2.75) is 6.04 Å². The first-order valence-corrected chi connectivity index (χ1v) is 5.43. The van der Waals surface area contributed by atoms with E-state index < -0.39 is 17.7 Å². The number of ether oxygens (including phenoxy) is 1. The maximum Gasteiger partial charge on any atom is 0.132 e. The summed E-state index contributed by atoms with van der Waals surface area (Å²) in [7, 11) is 0. The SMILES string of the molecule is Fc1cc(Br)cc(F)c1[C@H]1COCCN1. The standard InChI is InChI=1S/C10H10BrF2NO/c11-6-3-7(12)10(8(13)4-6)9-5-15-2-1-14-9/h3-4,9,14H,1-2,5H2/t9-/m1/s1. The predicted molar refractivity (Wildman–Crippen MR) is 55.6 cm³/mol. The predicted octanol–water partition coefficient (Wildman–Crippen LogP) is 2.39. The van der Waals surface area contributed by atoms with Crippen molar-refractivity contribution < 1.29 is 13.5 Å². The lowest BCUT2D eigenvalue weighted by atomic mass is 10.1. The second-order valence-corrected chi connectivity index (χ2v) is 4.28. The van der Waals surface area contributed by atoms with Crippen LogP contribution >= 0.6 is 15.9 Å². The van der Waals surface area contributed by atoms with Crippen molar-refractivity contribution in [2.24, 2.45) is 0 Å². The van der Waals surface area contributed by atoms with E-state index in [4.69, 9.17) is 4.74 Å². The number of morpholine rings is 1. The number of rotatable bonds is 1. The molecule has 0 unspecified atom stereocenters. The Labute approximate surface area is 94.7 Å². The maximum absolute atomic E-state index is 13.5. The molecule has 1 aromatic rings. The van der Waals surface area contributed by atoms with Crippen LogP contribution in [0, 0.1) is 11.6 Å². The second-order valence-electron chi connectivity index (χ2n) is 3.36. The van der Waals surface area contributed by atoms with E-state index in [2.05, 4.69) is 21.2 Å². The van der Waals surface area contributed by atoms with E-state index in [1.807, 2.05) is 0 Å². The fourth-order valence-corrected chi connectivity index (χ4v) is 2.04. The fourth-order valence-electron chi connectivity index (χ4n) is 1.64. The van der Waals surface area contributed by atoms with Crippen molar-refractivity contribution in [1.82, 2.24) is 5.32 Å². The van der Waals surface area contributed by atoms with Crippen LogP contribution < -0.4 is 5.32 Å². The lowest BCUT2D eigenvalue weighted by molar-refractivity contribution is 0.0745. The van der Waals surface area contributed by atoms with Crippen LogP contribution in [0.3, 0.4) is 0 Å². The van der Waals surface area contributed by atoms with Gasteiger partial charge in [0.25, 0.3) is 0 Å². The molecule has 2 rings (SSSR count). The third-order valence-electron chi connectivity index (χ3n) is 2.31. The first-order chi connectivity index (χ1) is 7.18. The third-order valence-corrected chi connectivity index (χ3v) is 2.77. The molecule has 5 heteroatoms. The maximum atomic E-state index is 13.5. The zero-order valence-electron chi connectivity index (χ0n) is 7.90. The van der Waals surface area contributed by atoms with Crippen LogP contribution in [0.2, 0.25) is 0 Å². The molecule has 0 radical (unpaired) electrons. The molecule has 1 N–H and O–H groups in total. The molecule has 1 aliphatic rings. The van der Waals surface area contributed by atoms with Gasteiger partial charge in [-0.25, -0.2) is 8.78 Å². The van der Waals surface area contributed by atoms with E-state index in [0.29, 0.717) is 24.2 Å².